The molecule has 4 aromatic rings. The Morgan fingerprint density at radius 3 is 2.77 bits per heavy atom. The lowest BCUT2D eigenvalue weighted by molar-refractivity contribution is 0.0470. The molecule has 30 heavy (non-hydrogen) atoms. The molecule has 0 aromatic carbocycles. The Balaban J connectivity index is 1.47. The highest BCUT2D eigenvalue weighted by Crippen LogP contribution is 2.40. The molecular formula is C22H21N5O3. The molecule has 0 atom stereocenters. The number of aryl methyl sites for hydroxylation is 3. The maximum atomic E-state index is 13.0. The second-order valence-corrected chi connectivity index (χ2v) is 7.87. The Hall–Kier alpha value is -3.55. The third-order valence-electron chi connectivity index (χ3n) is 5.42. The smallest absolute Gasteiger partial charge is 0.339 e. The van der Waals surface area contributed by atoms with Gasteiger partial charge in [-0.1, -0.05) is 6.07 Å². The van der Waals surface area contributed by atoms with Crippen LogP contribution in [-0.4, -0.2) is 30.1 Å². The number of carbonyl (C=O) groups excluding carboxylic acids is 1. The van der Waals surface area contributed by atoms with E-state index in [2.05, 4.69) is 10.1 Å². The van der Waals surface area contributed by atoms with Crippen LogP contribution in [0.5, 0.6) is 0 Å². The maximum Gasteiger partial charge on any atom is 0.339 e. The maximum absolute atomic E-state index is 13.0. The topological polar surface area (TPSA) is 91.4 Å². The average Bonchev–Trinajstić information content (AvgIpc) is 3.52. The molecule has 0 unspecified atom stereocenters. The lowest BCUT2D eigenvalue weighted by Crippen LogP contribution is -2.17. The van der Waals surface area contributed by atoms with Crippen molar-refractivity contribution < 1.29 is 9.53 Å². The van der Waals surface area contributed by atoms with E-state index in [-0.39, 0.29) is 12.2 Å². The fourth-order valence-electron chi connectivity index (χ4n) is 3.76. The van der Waals surface area contributed by atoms with Gasteiger partial charge in [0.1, 0.15) is 12.3 Å². The molecule has 0 radical (unpaired) electrons. The van der Waals surface area contributed by atoms with Gasteiger partial charge >= 0.3 is 5.97 Å². The van der Waals surface area contributed by atoms with Gasteiger partial charge in [0.2, 0.25) is 0 Å². The number of pyridine rings is 2. The molecule has 0 amide bonds. The zero-order valence-electron chi connectivity index (χ0n) is 17.0. The molecule has 1 saturated carbocycles. The van der Waals surface area contributed by atoms with Crippen molar-refractivity contribution in [3.05, 3.63) is 69.0 Å². The third-order valence-corrected chi connectivity index (χ3v) is 5.42. The Morgan fingerprint density at radius 1 is 1.20 bits per heavy atom. The van der Waals surface area contributed by atoms with Crippen LogP contribution in [0, 0.1) is 13.8 Å². The van der Waals surface area contributed by atoms with E-state index in [0.29, 0.717) is 33.9 Å². The van der Waals surface area contributed by atoms with Crippen LogP contribution in [0.1, 0.15) is 51.8 Å². The summed E-state index contributed by atoms with van der Waals surface area (Å²) in [5.41, 5.74) is 4.45. The van der Waals surface area contributed by atoms with E-state index in [1.807, 2.05) is 33.0 Å². The Bertz CT molecular complexity index is 1380. The summed E-state index contributed by atoms with van der Waals surface area (Å²) in [5.74, 6) is -0.0758. The van der Waals surface area contributed by atoms with Crippen molar-refractivity contribution in [1.82, 2.24) is 24.1 Å². The fourth-order valence-corrected chi connectivity index (χ4v) is 3.76. The van der Waals surface area contributed by atoms with Crippen molar-refractivity contribution in [2.24, 2.45) is 7.05 Å². The summed E-state index contributed by atoms with van der Waals surface area (Å²) in [6.45, 7) is 3.68. The zero-order chi connectivity index (χ0) is 21.0. The van der Waals surface area contributed by atoms with Crippen molar-refractivity contribution in [2.75, 3.05) is 0 Å². The van der Waals surface area contributed by atoms with Gasteiger partial charge in [0.15, 0.2) is 5.65 Å². The molecule has 4 heterocycles. The number of fused-ring (bicyclic) bond motifs is 2. The third kappa shape index (κ3) is 3.14. The molecule has 152 valence electrons. The molecule has 1 fully saturated rings. The summed E-state index contributed by atoms with van der Waals surface area (Å²) in [6.07, 6.45) is 3.89. The van der Waals surface area contributed by atoms with Gasteiger partial charge in [0.05, 0.1) is 22.3 Å². The lowest BCUT2D eigenvalue weighted by atomic mass is 10.1. The Kier molecular flexibility index (Phi) is 4.16. The van der Waals surface area contributed by atoms with Gasteiger partial charge in [-0.05, 0) is 44.4 Å². The number of aromatic nitrogens is 5. The zero-order valence-corrected chi connectivity index (χ0v) is 17.0. The van der Waals surface area contributed by atoms with Gasteiger partial charge in [-0.2, -0.15) is 5.10 Å². The summed E-state index contributed by atoms with van der Waals surface area (Å²) in [4.78, 5) is 34.5. The number of nitrogens with zero attached hydrogens (tertiary/aromatic N) is 5. The van der Waals surface area contributed by atoms with E-state index in [4.69, 9.17) is 9.72 Å². The van der Waals surface area contributed by atoms with Crippen LogP contribution in [0.4, 0.5) is 0 Å². The van der Waals surface area contributed by atoms with Crippen molar-refractivity contribution in [1.29, 1.82) is 0 Å². The van der Waals surface area contributed by atoms with Crippen molar-refractivity contribution >= 4 is 22.6 Å². The molecule has 1 aliphatic carbocycles. The minimum atomic E-state index is -0.466. The first-order valence-corrected chi connectivity index (χ1v) is 9.91. The molecule has 8 heteroatoms. The molecular weight excluding hydrogens is 382 g/mol. The molecule has 0 bridgehead atoms. The Morgan fingerprint density at radius 2 is 2.00 bits per heavy atom. The van der Waals surface area contributed by atoms with Gasteiger partial charge in [0.25, 0.3) is 5.56 Å². The number of rotatable bonds is 4. The van der Waals surface area contributed by atoms with Gasteiger partial charge < -0.3 is 4.74 Å². The first kappa shape index (κ1) is 18.5. The number of carbonyl (C=O) groups is 1. The van der Waals surface area contributed by atoms with Crippen LogP contribution >= 0.6 is 0 Å². The summed E-state index contributed by atoms with van der Waals surface area (Å²) >= 11 is 0. The van der Waals surface area contributed by atoms with E-state index >= 15 is 0 Å². The first-order chi connectivity index (χ1) is 14.4. The van der Waals surface area contributed by atoms with E-state index in [1.54, 1.807) is 16.9 Å². The van der Waals surface area contributed by atoms with Crippen LogP contribution in [0.15, 0.2) is 35.3 Å². The molecule has 0 N–H and O–H groups in total. The monoisotopic (exact) mass is 403 g/mol. The summed E-state index contributed by atoms with van der Waals surface area (Å²) in [6, 6.07) is 6.88. The fraction of sp³-hybridized carbons (Fsp3) is 0.318. The predicted octanol–water partition coefficient (Wildman–Crippen LogP) is 2.83. The van der Waals surface area contributed by atoms with Crippen molar-refractivity contribution in [3.63, 3.8) is 0 Å². The predicted molar refractivity (Wildman–Crippen MR) is 111 cm³/mol. The Labute approximate surface area is 172 Å². The SMILES string of the molecule is Cc1ccc2nc(COC(=O)c3cc(C4CC4)nc4c3c(C)nn4C)cc(=O)n2c1. The largest absolute Gasteiger partial charge is 0.456 e. The van der Waals surface area contributed by atoms with Crippen LogP contribution in [-0.2, 0) is 18.4 Å². The molecule has 5 rings (SSSR count). The second kappa shape index (κ2) is 6.76. The molecule has 0 spiro atoms. The van der Waals surface area contributed by atoms with Crippen LogP contribution in [0.3, 0.4) is 0 Å². The molecule has 0 aliphatic heterocycles. The minimum Gasteiger partial charge on any atom is -0.456 e. The summed E-state index contributed by atoms with van der Waals surface area (Å²) in [7, 11) is 1.82. The average molecular weight is 403 g/mol. The van der Waals surface area contributed by atoms with Crippen LogP contribution in [0.2, 0.25) is 0 Å². The number of hydrogen-bond donors (Lipinski definition) is 0. The quantitative estimate of drug-likeness (QED) is 0.487. The highest BCUT2D eigenvalue weighted by atomic mass is 16.5. The van der Waals surface area contributed by atoms with E-state index in [9.17, 15) is 9.59 Å². The summed E-state index contributed by atoms with van der Waals surface area (Å²) < 4.78 is 8.73. The second-order valence-electron chi connectivity index (χ2n) is 7.87. The van der Waals surface area contributed by atoms with Gasteiger partial charge in [-0.3, -0.25) is 13.9 Å². The minimum absolute atomic E-state index is 0.0830. The van der Waals surface area contributed by atoms with Crippen molar-refractivity contribution in [2.45, 2.75) is 39.2 Å². The molecule has 4 aromatic heterocycles. The van der Waals surface area contributed by atoms with Gasteiger partial charge in [-0.25, -0.2) is 14.8 Å². The normalized spacial score (nSPS) is 13.8. The van der Waals surface area contributed by atoms with Crippen molar-refractivity contribution in [3.8, 4) is 0 Å². The van der Waals surface area contributed by atoms with E-state index < -0.39 is 5.97 Å². The van der Waals surface area contributed by atoms with Gasteiger partial charge in [0, 0.05) is 30.9 Å². The van der Waals surface area contributed by atoms with E-state index in [0.717, 1.165) is 29.8 Å². The highest BCUT2D eigenvalue weighted by Gasteiger charge is 2.29. The standard InChI is InChI=1S/C22H21N5O3/c1-12-4-7-18-23-15(8-19(28)27(18)10-12)11-30-22(29)16-9-17(14-5-6-14)24-21-20(16)13(2)25-26(21)3/h4,7-10,14H,5-6,11H2,1-3H3. The molecule has 1 aliphatic rings. The van der Waals surface area contributed by atoms with E-state index in [1.165, 1.54) is 10.5 Å². The molecule has 8 nitrogen and oxygen atoms in total. The number of ether oxygens (including phenoxy) is 1. The highest BCUT2D eigenvalue weighted by molar-refractivity contribution is 6.03. The number of esters is 1. The van der Waals surface area contributed by atoms with Crippen LogP contribution < -0.4 is 5.56 Å². The number of hydrogen-bond acceptors (Lipinski definition) is 6. The lowest BCUT2D eigenvalue weighted by Gasteiger charge is -2.09. The summed E-state index contributed by atoms with van der Waals surface area (Å²) in [5, 5.41) is 5.12. The molecule has 0 saturated heterocycles. The van der Waals surface area contributed by atoms with Crippen LogP contribution in [0.25, 0.3) is 16.7 Å². The van der Waals surface area contributed by atoms with Gasteiger partial charge in [-0.15, -0.1) is 0 Å². The first-order valence-electron chi connectivity index (χ1n) is 9.91.